The third-order valence-corrected chi connectivity index (χ3v) is 5.37. The number of amides is 1. The first-order valence-corrected chi connectivity index (χ1v) is 7.50. The predicted molar refractivity (Wildman–Crippen MR) is 76.4 cm³/mol. The van der Waals surface area contributed by atoms with Crippen LogP contribution in [0.15, 0.2) is 22.7 Å². The second-order valence-electron chi connectivity index (χ2n) is 5.73. The summed E-state index contributed by atoms with van der Waals surface area (Å²) in [4.78, 5) is 12.3. The van der Waals surface area contributed by atoms with Crippen LogP contribution in [0.1, 0.15) is 31.2 Å². The van der Waals surface area contributed by atoms with Gasteiger partial charge in [-0.3, -0.25) is 4.79 Å². The molecule has 1 amide bonds. The van der Waals surface area contributed by atoms with Crippen molar-refractivity contribution < 1.29 is 4.79 Å². The maximum absolute atomic E-state index is 12.3. The van der Waals surface area contributed by atoms with E-state index in [1.807, 2.05) is 25.1 Å². The molecule has 0 spiro atoms. The fourth-order valence-corrected chi connectivity index (χ4v) is 3.85. The van der Waals surface area contributed by atoms with Gasteiger partial charge in [0.2, 0.25) is 5.91 Å². The van der Waals surface area contributed by atoms with Crippen molar-refractivity contribution in [3.8, 4) is 0 Å². The van der Waals surface area contributed by atoms with Crippen LogP contribution in [0.5, 0.6) is 0 Å². The van der Waals surface area contributed by atoms with Crippen molar-refractivity contribution in [1.82, 2.24) is 0 Å². The van der Waals surface area contributed by atoms with E-state index in [-0.39, 0.29) is 11.8 Å². The van der Waals surface area contributed by atoms with Gasteiger partial charge in [0.1, 0.15) is 0 Å². The van der Waals surface area contributed by atoms with Gasteiger partial charge in [-0.05, 0) is 55.7 Å². The number of aryl methyl sites for hydroxylation is 1. The first-order valence-electron chi connectivity index (χ1n) is 6.70. The van der Waals surface area contributed by atoms with E-state index in [0.717, 1.165) is 22.5 Å². The van der Waals surface area contributed by atoms with Crippen LogP contribution in [0.25, 0.3) is 0 Å². The molecule has 1 aromatic carbocycles. The van der Waals surface area contributed by atoms with Crippen LogP contribution in [0.3, 0.4) is 0 Å². The Bertz CT molecular complexity index is 485. The number of nitrogens with one attached hydrogen (secondary N) is 1. The summed E-state index contributed by atoms with van der Waals surface area (Å²) in [7, 11) is 0. The summed E-state index contributed by atoms with van der Waals surface area (Å²) in [6, 6.07) is 5.99. The van der Waals surface area contributed by atoms with Crippen molar-refractivity contribution >= 4 is 27.5 Å². The minimum absolute atomic E-state index is 0.220. The molecule has 0 aliphatic heterocycles. The van der Waals surface area contributed by atoms with Crippen molar-refractivity contribution in [3.05, 3.63) is 28.2 Å². The number of anilines is 1. The molecule has 1 N–H and O–H groups in total. The minimum Gasteiger partial charge on any atom is -0.326 e. The third-order valence-electron chi connectivity index (χ3n) is 4.51. The quantitative estimate of drug-likeness (QED) is 0.874. The predicted octanol–water partition coefficient (Wildman–Crippen LogP) is 4.13. The van der Waals surface area contributed by atoms with Crippen LogP contribution < -0.4 is 5.32 Å². The highest BCUT2D eigenvalue weighted by Crippen LogP contribution is 2.48. The lowest BCUT2D eigenvalue weighted by Gasteiger charge is -2.20. The Morgan fingerprint density at radius 2 is 2.17 bits per heavy atom. The molecule has 18 heavy (non-hydrogen) atoms. The Balaban J connectivity index is 1.69. The van der Waals surface area contributed by atoms with Crippen LogP contribution >= 0.6 is 15.9 Å². The summed E-state index contributed by atoms with van der Waals surface area (Å²) in [5.74, 6) is 1.93. The molecule has 0 saturated heterocycles. The topological polar surface area (TPSA) is 29.1 Å². The largest absolute Gasteiger partial charge is 0.326 e. The van der Waals surface area contributed by atoms with Crippen molar-refractivity contribution in [2.75, 3.05) is 5.32 Å². The van der Waals surface area contributed by atoms with E-state index < -0.39 is 0 Å². The average molecular weight is 308 g/mol. The number of halogens is 1. The highest BCUT2D eigenvalue weighted by molar-refractivity contribution is 9.10. The molecule has 1 aromatic rings. The van der Waals surface area contributed by atoms with Crippen molar-refractivity contribution in [2.45, 2.75) is 32.6 Å². The Kier molecular flexibility index (Phi) is 3.18. The molecule has 0 radical (unpaired) electrons. The minimum atomic E-state index is 0.220. The lowest BCUT2D eigenvalue weighted by molar-refractivity contribution is -0.121. The smallest absolute Gasteiger partial charge is 0.227 e. The maximum atomic E-state index is 12.3. The molecule has 2 aliphatic rings. The van der Waals surface area contributed by atoms with Crippen LogP contribution in [-0.2, 0) is 4.79 Å². The fourth-order valence-electron chi connectivity index (χ4n) is 3.47. The number of benzene rings is 1. The zero-order valence-electron chi connectivity index (χ0n) is 10.6. The molecular weight excluding hydrogens is 290 g/mol. The second kappa shape index (κ2) is 4.69. The van der Waals surface area contributed by atoms with Gasteiger partial charge in [0.25, 0.3) is 0 Å². The Morgan fingerprint density at radius 1 is 1.33 bits per heavy atom. The van der Waals surface area contributed by atoms with Gasteiger partial charge in [-0.25, -0.2) is 0 Å². The van der Waals surface area contributed by atoms with E-state index in [1.165, 1.54) is 24.8 Å². The van der Waals surface area contributed by atoms with E-state index in [0.29, 0.717) is 5.92 Å². The van der Waals surface area contributed by atoms with E-state index >= 15 is 0 Å². The van der Waals surface area contributed by atoms with Gasteiger partial charge in [0.15, 0.2) is 0 Å². The normalized spacial score (nSPS) is 29.6. The van der Waals surface area contributed by atoms with Gasteiger partial charge in [-0.15, -0.1) is 0 Å². The number of fused-ring (bicyclic) bond motifs is 2. The SMILES string of the molecule is Cc1ccc(NC(=O)C2CC3CCC2C3)cc1Br. The molecule has 3 heteroatoms. The van der Waals surface area contributed by atoms with Gasteiger partial charge >= 0.3 is 0 Å². The Morgan fingerprint density at radius 3 is 2.78 bits per heavy atom. The highest BCUT2D eigenvalue weighted by atomic mass is 79.9. The number of carbonyl (C=O) groups is 1. The summed E-state index contributed by atoms with van der Waals surface area (Å²) in [5, 5.41) is 3.07. The van der Waals surface area contributed by atoms with Crippen molar-refractivity contribution in [2.24, 2.45) is 17.8 Å². The van der Waals surface area contributed by atoms with E-state index in [9.17, 15) is 4.79 Å². The third kappa shape index (κ3) is 2.20. The molecule has 2 saturated carbocycles. The monoisotopic (exact) mass is 307 g/mol. The van der Waals surface area contributed by atoms with Crippen LogP contribution in [-0.4, -0.2) is 5.91 Å². The number of carbonyl (C=O) groups excluding carboxylic acids is 1. The van der Waals surface area contributed by atoms with Crippen molar-refractivity contribution in [3.63, 3.8) is 0 Å². The maximum Gasteiger partial charge on any atom is 0.227 e. The Labute approximate surface area is 116 Å². The van der Waals surface area contributed by atoms with Crippen LogP contribution in [0.4, 0.5) is 5.69 Å². The first kappa shape index (κ1) is 12.2. The zero-order chi connectivity index (χ0) is 12.7. The summed E-state index contributed by atoms with van der Waals surface area (Å²) in [5.41, 5.74) is 2.09. The van der Waals surface area contributed by atoms with Crippen LogP contribution in [0, 0.1) is 24.7 Å². The summed E-state index contributed by atoms with van der Waals surface area (Å²) in [6.45, 7) is 2.05. The molecule has 3 atom stereocenters. The molecule has 3 unspecified atom stereocenters. The number of hydrogen-bond acceptors (Lipinski definition) is 1. The van der Waals surface area contributed by atoms with Gasteiger partial charge in [0, 0.05) is 16.1 Å². The zero-order valence-corrected chi connectivity index (χ0v) is 12.2. The molecule has 2 nitrogen and oxygen atoms in total. The average Bonchev–Trinajstić information content (AvgIpc) is 2.96. The van der Waals surface area contributed by atoms with Gasteiger partial charge in [0.05, 0.1) is 0 Å². The van der Waals surface area contributed by atoms with Gasteiger partial charge in [-0.1, -0.05) is 28.4 Å². The fraction of sp³-hybridized carbons (Fsp3) is 0.533. The molecule has 0 heterocycles. The number of hydrogen-bond donors (Lipinski definition) is 1. The molecule has 2 aliphatic carbocycles. The van der Waals surface area contributed by atoms with E-state index in [4.69, 9.17) is 0 Å². The van der Waals surface area contributed by atoms with Crippen LogP contribution in [0.2, 0.25) is 0 Å². The molecule has 2 bridgehead atoms. The lowest BCUT2D eigenvalue weighted by Crippen LogP contribution is -2.27. The first-order chi connectivity index (χ1) is 8.63. The second-order valence-corrected chi connectivity index (χ2v) is 6.59. The van der Waals surface area contributed by atoms with E-state index in [2.05, 4.69) is 21.2 Å². The molecular formula is C15H18BrNO. The van der Waals surface area contributed by atoms with Gasteiger partial charge in [-0.2, -0.15) is 0 Å². The molecule has 3 rings (SSSR count). The van der Waals surface area contributed by atoms with Crippen molar-refractivity contribution in [1.29, 1.82) is 0 Å². The standard InChI is InChI=1S/C15H18BrNO/c1-9-2-5-12(8-14(9)16)17-15(18)13-7-10-3-4-11(13)6-10/h2,5,8,10-11,13H,3-4,6-7H2,1H3,(H,17,18). The summed E-state index contributed by atoms with van der Waals surface area (Å²) < 4.78 is 1.05. The lowest BCUT2D eigenvalue weighted by atomic mass is 9.88. The molecule has 2 fully saturated rings. The highest BCUT2D eigenvalue weighted by Gasteiger charge is 2.42. The summed E-state index contributed by atoms with van der Waals surface area (Å²) in [6.07, 6.45) is 4.96. The van der Waals surface area contributed by atoms with E-state index in [1.54, 1.807) is 0 Å². The Hall–Kier alpha value is -0.830. The van der Waals surface area contributed by atoms with Gasteiger partial charge < -0.3 is 5.32 Å². The number of rotatable bonds is 2. The summed E-state index contributed by atoms with van der Waals surface area (Å²) >= 11 is 3.50. The molecule has 0 aromatic heterocycles. The molecule has 96 valence electrons.